The molecule has 1 aromatic carbocycles. The quantitative estimate of drug-likeness (QED) is 0.847. The zero-order valence-electron chi connectivity index (χ0n) is 11.2. The van der Waals surface area contributed by atoms with Gasteiger partial charge in [-0.2, -0.15) is 0 Å². The summed E-state index contributed by atoms with van der Waals surface area (Å²) in [6.45, 7) is 7.05. The molecule has 0 saturated carbocycles. The standard InChI is InChI=1S/C14H22BrNO2/c1-10(2)16(7-4-8-17)12-5-6-13(11(3)18)14(15)9-12/h5-6,9-11,17-18H,4,7-8H2,1-3H3/t11-/m0/s1. The van der Waals surface area contributed by atoms with Crippen molar-refractivity contribution >= 4 is 21.6 Å². The van der Waals surface area contributed by atoms with Crippen LogP contribution < -0.4 is 4.90 Å². The van der Waals surface area contributed by atoms with Crippen molar-refractivity contribution in [3.8, 4) is 0 Å². The molecule has 0 saturated heterocycles. The largest absolute Gasteiger partial charge is 0.396 e. The molecule has 1 aromatic rings. The Morgan fingerprint density at radius 3 is 2.39 bits per heavy atom. The maximum absolute atomic E-state index is 9.61. The second-order valence-electron chi connectivity index (χ2n) is 4.75. The van der Waals surface area contributed by atoms with Crippen LogP contribution in [-0.4, -0.2) is 29.4 Å². The highest BCUT2D eigenvalue weighted by Gasteiger charge is 2.13. The van der Waals surface area contributed by atoms with Crippen LogP contribution in [-0.2, 0) is 0 Å². The number of hydrogen-bond acceptors (Lipinski definition) is 3. The molecule has 2 N–H and O–H groups in total. The summed E-state index contributed by atoms with van der Waals surface area (Å²) in [6.07, 6.45) is 0.284. The Morgan fingerprint density at radius 1 is 1.28 bits per heavy atom. The Balaban J connectivity index is 2.95. The molecule has 0 spiro atoms. The van der Waals surface area contributed by atoms with E-state index in [1.54, 1.807) is 6.92 Å². The number of hydrogen-bond donors (Lipinski definition) is 2. The topological polar surface area (TPSA) is 43.7 Å². The monoisotopic (exact) mass is 315 g/mol. The maximum Gasteiger partial charge on any atom is 0.0772 e. The number of aliphatic hydroxyl groups is 2. The Kier molecular flexibility index (Phi) is 6.12. The van der Waals surface area contributed by atoms with Crippen molar-refractivity contribution in [1.82, 2.24) is 0 Å². The van der Waals surface area contributed by atoms with Gasteiger partial charge in [-0.05, 0) is 44.9 Å². The predicted molar refractivity (Wildman–Crippen MR) is 79.0 cm³/mol. The smallest absolute Gasteiger partial charge is 0.0772 e. The summed E-state index contributed by atoms with van der Waals surface area (Å²) in [5.74, 6) is 0. The fourth-order valence-electron chi connectivity index (χ4n) is 1.96. The van der Waals surface area contributed by atoms with Crippen molar-refractivity contribution in [1.29, 1.82) is 0 Å². The first-order valence-corrected chi connectivity index (χ1v) is 7.11. The molecule has 0 aliphatic carbocycles. The highest BCUT2D eigenvalue weighted by Crippen LogP contribution is 2.29. The molecule has 102 valence electrons. The van der Waals surface area contributed by atoms with Crippen LogP contribution in [0.5, 0.6) is 0 Å². The van der Waals surface area contributed by atoms with Gasteiger partial charge in [-0.3, -0.25) is 0 Å². The third kappa shape index (κ3) is 3.97. The maximum atomic E-state index is 9.61. The number of aliphatic hydroxyl groups excluding tert-OH is 2. The predicted octanol–water partition coefficient (Wildman–Crippen LogP) is 3.10. The fourth-order valence-corrected chi connectivity index (χ4v) is 2.66. The zero-order chi connectivity index (χ0) is 13.7. The second kappa shape index (κ2) is 7.12. The highest BCUT2D eigenvalue weighted by atomic mass is 79.9. The van der Waals surface area contributed by atoms with E-state index >= 15 is 0 Å². The number of benzene rings is 1. The summed E-state index contributed by atoms with van der Waals surface area (Å²) in [7, 11) is 0. The molecular formula is C14H22BrNO2. The van der Waals surface area contributed by atoms with Crippen LogP contribution in [0.1, 0.15) is 38.9 Å². The van der Waals surface area contributed by atoms with E-state index < -0.39 is 6.10 Å². The molecule has 0 fully saturated rings. The van der Waals surface area contributed by atoms with E-state index in [9.17, 15) is 5.11 Å². The minimum absolute atomic E-state index is 0.205. The summed E-state index contributed by atoms with van der Waals surface area (Å²) < 4.78 is 0.921. The van der Waals surface area contributed by atoms with Gasteiger partial charge < -0.3 is 15.1 Å². The Bertz CT molecular complexity index is 380. The lowest BCUT2D eigenvalue weighted by atomic mass is 10.1. The number of anilines is 1. The highest BCUT2D eigenvalue weighted by molar-refractivity contribution is 9.10. The minimum Gasteiger partial charge on any atom is -0.396 e. The molecule has 0 unspecified atom stereocenters. The summed E-state index contributed by atoms with van der Waals surface area (Å²) >= 11 is 3.50. The average molecular weight is 316 g/mol. The Labute approximate surface area is 118 Å². The summed E-state index contributed by atoms with van der Waals surface area (Å²) in [6, 6.07) is 6.36. The first-order valence-electron chi connectivity index (χ1n) is 6.32. The molecule has 3 nitrogen and oxygen atoms in total. The molecule has 0 aliphatic heterocycles. The van der Waals surface area contributed by atoms with Gasteiger partial charge in [0, 0.05) is 29.4 Å². The van der Waals surface area contributed by atoms with E-state index in [4.69, 9.17) is 5.11 Å². The van der Waals surface area contributed by atoms with E-state index in [-0.39, 0.29) is 6.61 Å². The van der Waals surface area contributed by atoms with Crippen LogP contribution in [0.4, 0.5) is 5.69 Å². The van der Waals surface area contributed by atoms with Crippen molar-refractivity contribution < 1.29 is 10.2 Å². The number of nitrogens with zero attached hydrogens (tertiary/aromatic N) is 1. The second-order valence-corrected chi connectivity index (χ2v) is 5.60. The number of rotatable bonds is 6. The van der Waals surface area contributed by atoms with Gasteiger partial charge in [0.15, 0.2) is 0 Å². The summed E-state index contributed by atoms with van der Waals surface area (Å²) in [5, 5.41) is 18.6. The van der Waals surface area contributed by atoms with Gasteiger partial charge in [0.2, 0.25) is 0 Å². The van der Waals surface area contributed by atoms with Gasteiger partial charge in [0.1, 0.15) is 0 Å². The van der Waals surface area contributed by atoms with Crippen LogP contribution in [0.25, 0.3) is 0 Å². The normalized spacial score (nSPS) is 12.8. The van der Waals surface area contributed by atoms with Crippen LogP contribution >= 0.6 is 15.9 Å². The Hall–Kier alpha value is -0.580. The SMILES string of the molecule is CC(C)N(CCCO)c1ccc([C@H](C)O)c(Br)c1. The molecule has 0 heterocycles. The van der Waals surface area contributed by atoms with Crippen molar-refractivity contribution in [2.45, 2.75) is 39.3 Å². The van der Waals surface area contributed by atoms with Crippen molar-refractivity contribution in [3.05, 3.63) is 28.2 Å². The molecule has 0 amide bonds. The molecule has 0 aliphatic rings. The van der Waals surface area contributed by atoms with E-state index in [0.717, 1.165) is 28.7 Å². The Morgan fingerprint density at radius 2 is 1.94 bits per heavy atom. The molecular weight excluding hydrogens is 294 g/mol. The summed E-state index contributed by atoms with van der Waals surface area (Å²) in [4.78, 5) is 2.24. The van der Waals surface area contributed by atoms with Crippen molar-refractivity contribution in [2.75, 3.05) is 18.1 Å². The van der Waals surface area contributed by atoms with Crippen LogP contribution in [0, 0.1) is 0 Å². The summed E-state index contributed by atoms with van der Waals surface area (Å²) in [5.41, 5.74) is 2.00. The average Bonchev–Trinajstić information content (AvgIpc) is 2.28. The lowest BCUT2D eigenvalue weighted by molar-refractivity contribution is 0.198. The van der Waals surface area contributed by atoms with Crippen LogP contribution in [0.2, 0.25) is 0 Å². The third-order valence-corrected chi connectivity index (χ3v) is 3.63. The van der Waals surface area contributed by atoms with Gasteiger partial charge in [0.05, 0.1) is 6.10 Å². The first-order chi connectivity index (χ1) is 8.47. The molecule has 1 atom stereocenters. The van der Waals surface area contributed by atoms with E-state index in [1.165, 1.54) is 0 Å². The van der Waals surface area contributed by atoms with Gasteiger partial charge in [-0.1, -0.05) is 22.0 Å². The minimum atomic E-state index is -0.474. The van der Waals surface area contributed by atoms with Crippen LogP contribution in [0.15, 0.2) is 22.7 Å². The van der Waals surface area contributed by atoms with Crippen molar-refractivity contribution in [3.63, 3.8) is 0 Å². The fraction of sp³-hybridized carbons (Fsp3) is 0.571. The third-order valence-electron chi connectivity index (χ3n) is 2.95. The van der Waals surface area contributed by atoms with E-state index in [1.807, 2.05) is 18.2 Å². The lowest BCUT2D eigenvalue weighted by Gasteiger charge is -2.29. The first kappa shape index (κ1) is 15.5. The van der Waals surface area contributed by atoms with E-state index in [2.05, 4.69) is 34.7 Å². The zero-order valence-corrected chi connectivity index (χ0v) is 12.8. The van der Waals surface area contributed by atoms with Crippen molar-refractivity contribution in [2.24, 2.45) is 0 Å². The molecule has 0 radical (unpaired) electrons. The van der Waals surface area contributed by atoms with Gasteiger partial charge in [-0.25, -0.2) is 0 Å². The molecule has 0 aromatic heterocycles. The van der Waals surface area contributed by atoms with Gasteiger partial charge in [-0.15, -0.1) is 0 Å². The molecule has 0 bridgehead atoms. The lowest BCUT2D eigenvalue weighted by Crippen LogP contribution is -2.32. The van der Waals surface area contributed by atoms with Crippen LogP contribution in [0.3, 0.4) is 0 Å². The molecule has 18 heavy (non-hydrogen) atoms. The van der Waals surface area contributed by atoms with Gasteiger partial charge in [0.25, 0.3) is 0 Å². The van der Waals surface area contributed by atoms with Gasteiger partial charge >= 0.3 is 0 Å². The molecule has 1 rings (SSSR count). The van der Waals surface area contributed by atoms with E-state index in [0.29, 0.717) is 6.04 Å². The number of halogens is 1. The molecule has 4 heteroatoms.